The highest BCUT2D eigenvalue weighted by atomic mass is 32.2. The van der Waals surface area contributed by atoms with E-state index in [1.165, 1.54) is 31.2 Å². The number of nitrogens with zero attached hydrogens (tertiary/aromatic N) is 6. The fourth-order valence-electron chi connectivity index (χ4n) is 4.23. The van der Waals surface area contributed by atoms with Gasteiger partial charge < -0.3 is 18.8 Å². The van der Waals surface area contributed by atoms with E-state index in [0.717, 1.165) is 24.5 Å². The van der Waals surface area contributed by atoms with Gasteiger partial charge in [0.1, 0.15) is 29.0 Å². The maximum absolute atomic E-state index is 8.75. The standard InChI is InChI=1S/C16H18N4O3S.C11H13N3/c1-10-8-9-13(23-10)15-17-18-16(19-24-4)20(15)14-11(21-2)6-5-7-12(14)22-3;12-7-10-6-11(9-13-8-10)14-4-2-1-3-5-14/h5-9H,1-4H3,(H,18,19);6,8-9H,1-5H2. The number of anilines is 2. The van der Waals surface area contributed by atoms with E-state index in [9.17, 15) is 0 Å². The first-order valence-corrected chi connectivity index (χ1v) is 13.4. The number of benzene rings is 1. The fraction of sp³-hybridized carbons (Fsp3) is 0.333. The molecule has 0 spiro atoms. The van der Waals surface area contributed by atoms with Gasteiger partial charge in [0.05, 0.1) is 31.7 Å². The zero-order chi connectivity index (χ0) is 26.9. The highest BCUT2D eigenvalue weighted by Crippen LogP contribution is 2.38. The van der Waals surface area contributed by atoms with Crippen LogP contribution >= 0.6 is 11.9 Å². The molecule has 4 aromatic rings. The number of hydrogen-bond acceptors (Lipinski definition) is 10. The van der Waals surface area contributed by atoms with E-state index < -0.39 is 0 Å². The minimum absolute atomic E-state index is 0.550. The van der Waals surface area contributed by atoms with Gasteiger partial charge >= 0.3 is 0 Å². The van der Waals surface area contributed by atoms with Crippen LogP contribution in [0.25, 0.3) is 17.3 Å². The lowest BCUT2D eigenvalue weighted by atomic mass is 10.1. The minimum atomic E-state index is 0.550. The van der Waals surface area contributed by atoms with Crippen LogP contribution < -0.4 is 19.1 Å². The largest absolute Gasteiger partial charge is 0.494 e. The molecule has 10 nitrogen and oxygen atoms in total. The number of para-hydroxylation sites is 1. The van der Waals surface area contributed by atoms with Gasteiger partial charge in [0.15, 0.2) is 5.76 Å². The Bertz CT molecular complexity index is 1370. The van der Waals surface area contributed by atoms with Gasteiger partial charge in [-0.3, -0.25) is 14.3 Å². The summed E-state index contributed by atoms with van der Waals surface area (Å²) in [6, 6.07) is 13.4. The van der Waals surface area contributed by atoms with E-state index in [0.29, 0.717) is 40.3 Å². The number of nitrogens with one attached hydrogen (secondary N) is 1. The maximum atomic E-state index is 8.75. The molecule has 0 atom stereocenters. The molecular formula is C27H31N7O3S. The molecule has 0 bridgehead atoms. The average molecular weight is 534 g/mol. The Morgan fingerprint density at radius 2 is 1.76 bits per heavy atom. The molecule has 4 heterocycles. The Balaban J connectivity index is 0.000000204. The van der Waals surface area contributed by atoms with Crippen LogP contribution in [0.2, 0.25) is 0 Å². The van der Waals surface area contributed by atoms with Crippen molar-refractivity contribution in [1.82, 2.24) is 19.7 Å². The number of aromatic nitrogens is 4. The number of pyridine rings is 1. The third-order valence-corrected chi connectivity index (χ3v) is 6.40. The molecule has 0 saturated carbocycles. The molecule has 1 N–H and O–H groups in total. The Hall–Kier alpha value is -4.17. The lowest BCUT2D eigenvalue weighted by Gasteiger charge is -2.28. The summed E-state index contributed by atoms with van der Waals surface area (Å²) in [4.78, 5) is 6.37. The second-order valence-electron chi connectivity index (χ2n) is 8.50. The van der Waals surface area contributed by atoms with Crippen molar-refractivity contribution < 1.29 is 13.9 Å². The van der Waals surface area contributed by atoms with Crippen molar-refractivity contribution >= 4 is 23.6 Å². The Labute approximate surface area is 226 Å². The van der Waals surface area contributed by atoms with E-state index in [1.807, 2.05) is 60.3 Å². The van der Waals surface area contributed by atoms with Crippen LogP contribution in [-0.4, -0.2) is 53.3 Å². The van der Waals surface area contributed by atoms with Crippen LogP contribution in [0.4, 0.5) is 11.6 Å². The topological polar surface area (TPSA) is 114 Å². The molecule has 5 rings (SSSR count). The molecule has 3 aromatic heterocycles. The summed E-state index contributed by atoms with van der Waals surface area (Å²) in [7, 11) is 3.22. The molecule has 0 amide bonds. The highest BCUT2D eigenvalue weighted by molar-refractivity contribution is 7.99. The van der Waals surface area contributed by atoms with Crippen LogP contribution in [0.3, 0.4) is 0 Å². The SMILES string of the molecule is COc1cccc(OC)c1-n1c(NSC)nnc1-c1ccc(C)o1.N#Cc1cncc(N2CCCCC2)c1. The van der Waals surface area contributed by atoms with Crippen molar-refractivity contribution in [3.63, 3.8) is 0 Å². The van der Waals surface area contributed by atoms with Gasteiger partial charge in [-0.2, -0.15) is 5.26 Å². The Kier molecular flexibility index (Phi) is 9.11. The van der Waals surface area contributed by atoms with Gasteiger partial charge in [-0.15, -0.1) is 10.2 Å². The predicted molar refractivity (Wildman–Crippen MR) is 149 cm³/mol. The maximum Gasteiger partial charge on any atom is 0.239 e. The van der Waals surface area contributed by atoms with Crippen molar-refractivity contribution in [3.8, 4) is 34.8 Å². The molecule has 1 aromatic carbocycles. The number of hydrogen-bond donors (Lipinski definition) is 1. The fourth-order valence-corrected chi connectivity index (χ4v) is 4.55. The lowest BCUT2D eigenvalue weighted by molar-refractivity contribution is 0.391. The van der Waals surface area contributed by atoms with Crippen molar-refractivity contribution in [3.05, 3.63) is 60.1 Å². The number of aryl methyl sites for hydroxylation is 1. The molecule has 11 heteroatoms. The summed E-state index contributed by atoms with van der Waals surface area (Å²) < 4.78 is 21.7. The van der Waals surface area contributed by atoms with Gasteiger partial charge in [0, 0.05) is 25.5 Å². The van der Waals surface area contributed by atoms with E-state index in [1.54, 1.807) is 20.4 Å². The third kappa shape index (κ3) is 6.03. The van der Waals surface area contributed by atoms with Gasteiger partial charge in [0.25, 0.3) is 0 Å². The number of piperidine rings is 1. The predicted octanol–water partition coefficient (Wildman–Crippen LogP) is 5.49. The average Bonchev–Trinajstić information content (AvgIpc) is 3.59. The summed E-state index contributed by atoms with van der Waals surface area (Å²) in [5.74, 6) is 3.80. The molecule has 1 aliphatic heterocycles. The van der Waals surface area contributed by atoms with Gasteiger partial charge in [-0.1, -0.05) is 18.0 Å². The zero-order valence-corrected chi connectivity index (χ0v) is 22.8. The summed E-state index contributed by atoms with van der Waals surface area (Å²) in [6.07, 6.45) is 9.17. The third-order valence-electron chi connectivity index (χ3n) is 6.02. The van der Waals surface area contributed by atoms with Crippen molar-refractivity contribution in [1.29, 1.82) is 5.26 Å². The van der Waals surface area contributed by atoms with Crippen LogP contribution in [0.1, 0.15) is 30.6 Å². The zero-order valence-electron chi connectivity index (χ0n) is 22.0. The van der Waals surface area contributed by atoms with Crippen LogP contribution in [-0.2, 0) is 0 Å². The lowest BCUT2D eigenvalue weighted by Crippen LogP contribution is -2.29. The quantitative estimate of drug-likeness (QED) is 0.306. The van der Waals surface area contributed by atoms with E-state index in [-0.39, 0.29) is 0 Å². The van der Waals surface area contributed by atoms with Gasteiger partial charge in [0.2, 0.25) is 11.8 Å². The first-order valence-electron chi connectivity index (χ1n) is 12.2. The normalized spacial score (nSPS) is 12.8. The van der Waals surface area contributed by atoms with Crippen LogP contribution in [0.5, 0.6) is 11.5 Å². The molecular weight excluding hydrogens is 502 g/mol. The smallest absolute Gasteiger partial charge is 0.239 e. The number of ether oxygens (including phenoxy) is 2. The van der Waals surface area contributed by atoms with Crippen molar-refractivity contribution in [2.75, 3.05) is 43.2 Å². The number of rotatable bonds is 7. The van der Waals surface area contributed by atoms with E-state index in [2.05, 4.69) is 30.9 Å². The molecule has 1 saturated heterocycles. The van der Waals surface area contributed by atoms with E-state index in [4.69, 9.17) is 19.2 Å². The second kappa shape index (κ2) is 12.9. The molecule has 0 radical (unpaired) electrons. The van der Waals surface area contributed by atoms with Crippen LogP contribution in [0, 0.1) is 18.3 Å². The van der Waals surface area contributed by atoms with Gasteiger partial charge in [-0.25, -0.2) is 0 Å². The summed E-state index contributed by atoms with van der Waals surface area (Å²) in [6.45, 7) is 4.07. The highest BCUT2D eigenvalue weighted by Gasteiger charge is 2.23. The Morgan fingerprint density at radius 3 is 2.37 bits per heavy atom. The number of nitriles is 1. The van der Waals surface area contributed by atoms with Gasteiger partial charge in [-0.05, 0) is 56.5 Å². The molecule has 0 aliphatic carbocycles. The minimum Gasteiger partial charge on any atom is -0.494 e. The molecule has 1 aliphatic rings. The molecule has 0 unspecified atom stereocenters. The van der Waals surface area contributed by atoms with E-state index >= 15 is 0 Å². The second-order valence-corrected chi connectivity index (χ2v) is 9.11. The first kappa shape index (κ1) is 26.9. The summed E-state index contributed by atoms with van der Waals surface area (Å²) in [5.41, 5.74) is 2.44. The number of furan rings is 1. The van der Waals surface area contributed by atoms with Crippen molar-refractivity contribution in [2.24, 2.45) is 0 Å². The van der Waals surface area contributed by atoms with Crippen LogP contribution in [0.15, 0.2) is 53.2 Å². The molecule has 38 heavy (non-hydrogen) atoms. The van der Waals surface area contributed by atoms with Crippen molar-refractivity contribution in [2.45, 2.75) is 26.2 Å². The molecule has 1 fully saturated rings. The molecule has 198 valence electrons. The Morgan fingerprint density at radius 1 is 1.03 bits per heavy atom. The monoisotopic (exact) mass is 533 g/mol. The first-order chi connectivity index (χ1) is 18.6. The number of methoxy groups -OCH3 is 2. The summed E-state index contributed by atoms with van der Waals surface area (Å²) >= 11 is 1.42. The summed E-state index contributed by atoms with van der Waals surface area (Å²) in [5, 5.41) is 17.3.